The number of benzene rings is 2. The lowest BCUT2D eigenvalue weighted by Gasteiger charge is -2.10. The summed E-state index contributed by atoms with van der Waals surface area (Å²) in [5.74, 6) is 2.25. The topological polar surface area (TPSA) is 78.3 Å². The summed E-state index contributed by atoms with van der Waals surface area (Å²) in [6.07, 6.45) is 0. The first kappa shape index (κ1) is 22.0. The maximum atomic E-state index is 12.3. The summed E-state index contributed by atoms with van der Waals surface area (Å²) in [4.78, 5) is 12.3. The molecular weight excluding hydrogens is 424 g/mol. The fourth-order valence-corrected chi connectivity index (χ4v) is 3.67. The minimum Gasteiger partial charge on any atom is -0.497 e. The molecule has 0 aliphatic carbocycles. The van der Waals surface area contributed by atoms with Gasteiger partial charge >= 0.3 is 0 Å². The molecule has 0 bridgehead atoms. The average Bonchev–Trinajstić information content (AvgIpc) is 3.15. The molecule has 7 nitrogen and oxygen atoms in total. The van der Waals surface area contributed by atoms with Crippen LogP contribution in [0.15, 0.2) is 47.6 Å². The maximum absolute atomic E-state index is 12.3. The molecule has 1 aromatic heterocycles. The Morgan fingerprint density at radius 1 is 1.17 bits per heavy atom. The second-order valence-corrected chi connectivity index (χ2v) is 7.76. The van der Waals surface area contributed by atoms with Crippen molar-refractivity contribution in [3.63, 3.8) is 0 Å². The first-order chi connectivity index (χ1) is 14.5. The molecular formula is C21H23ClN4O3S. The van der Waals surface area contributed by atoms with Crippen LogP contribution in [0.1, 0.15) is 18.3 Å². The van der Waals surface area contributed by atoms with E-state index in [0.29, 0.717) is 34.0 Å². The van der Waals surface area contributed by atoms with Crippen LogP contribution in [-0.2, 0) is 17.9 Å². The van der Waals surface area contributed by atoms with Crippen LogP contribution >= 0.6 is 23.4 Å². The molecule has 1 N–H and O–H groups in total. The lowest BCUT2D eigenvalue weighted by Crippen LogP contribution is -2.15. The molecule has 0 unspecified atom stereocenters. The number of hydrogen-bond acceptors (Lipinski definition) is 6. The highest BCUT2D eigenvalue weighted by molar-refractivity contribution is 7.99. The largest absolute Gasteiger partial charge is 0.497 e. The van der Waals surface area contributed by atoms with Gasteiger partial charge in [0, 0.05) is 17.3 Å². The number of aromatic nitrogens is 3. The van der Waals surface area contributed by atoms with E-state index in [4.69, 9.17) is 21.1 Å². The van der Waals surface area contributed by atoms with Crippen LogP contribution in [0.4, 0.5) is 5.69 Å². The SMILES string of the molecule is CCn1c(COc2ccc(OC)cc2)nnc1SCC(=O)Nc1ccc(C)c(Cl)c1. The van der Waals surface area contributed by atoms with Crippen LogP contribution in [0.5, 0.6) is 11.5 Å². The van der Waals surface area contributed by atoms with E-state index in [9.17, 15) is 4.79 Å². The molecule has 3 rings (SSSR count). The fraction of sp³-hybridized carbons (Fsp3) is 0.286. The first-order valence-electron chi connectivity index (χ1n) is 9.38. The molecule has 0 radical (unpaired) electrons. The molecule has 0 spiro atoms. The third-order valence-electron chi connectivity index (χ3n) is 4.33. The van der Waals surface area contributed by atoms with Crippen molar-refractivity contribution in [3.05, 3.63) is 58.9 Å². The molecule has 0 aliphatic heterocycles. The van der Waals surface area contributed by atoms with Gasteiger partial charge < -0.3 is 19.4 Å². The number of ether oxygens (including phenoxy) is 2. The number of aryl methyl sites for hydroxylation is 1. The number of thioether (sulfide) groups is 1. The summed E-state index contributed by atoms with van der Waals surface area (Å²) in [5.41, 5.74) is 1.63. The Balaban J connectivity index is 1.56. The highest BCUT2D eigenvalue weighted by Gasteiger charge is 2.14. The van der Waals surface area contributed by atoms with Crippen molar-refractivity contribution in [2.75, 3.05) is 18.2 Å². The predicted octanol–water partition coefficient (Wildman–Crippen LogP) is 4.58. The van der Waals surface area contributed by atoms with E-state index >= 15 is 0 Å². The van der Waals surface area contributed by atoms with E-state index in [2.05, 4.69) is 15.5 Å². The fourth-order valence-electron chi connectivity index (χ4n) is 2.67. The van der Waals surface area contributed by atoms with Gasteiger partial charge in [0.15, 0.2) is 11.0 Å². The van der Waals surface area contributed by atoms with Crippen LogP contribution in [0.3, 0.4) is 0 Å². The predicted molar refractivity (Wildman–Crippen MR) is 119 cm³/mol. The number of nitrogens with one attached hydrogen (secondary N) is 1. The van der Waals surface area contributed by atoms with Crippen LogP contribution in [0, 0.1) is 6.92 Å². The Hall–Kier alpha value is -2.71. The van der Waals surface area contributed by atoms with Crippen molar-refractivity contribution in [2.24, 2.45) is 0 Å². The molecule has 9 heteroatoms. The van der Waals surface area contributed by atoms with E-state index in [-0.39, 0.29) is 18.3 Å². The Bertz CT molecular complexity index is 1010. The van der Waals surface area contributed by atoms with E-state index in [0.717, 1.165) is 11.3 Å². The van der Waals surface area contributed by atoms with Gasteiger partial charge in [-0.25, -0.2) is 0 Å². The summed E-state index contributed by atoms with van der Waals surface area (Å²) in [7, 11) is 1.62. The Labute approximate surface area is 184 Å². The quantitative estimate of drug-likeness (QED) is 0.485. The second-order valence-electron chi connectivity index (χ2n) is 6.41. The Morgan fingerprint density at radius 3 is 2.57 bits per heavy atom. The number of anilines is 1. The summed E-state index contributed by atoms with van der Waals surface area (Å²) >= 11 is 7.43. The number of carbonyl (C=O) groups excluding carboxylic acids is 1. The van der Waals surface area contributed by atoms with E-state index < -0.39 is 0 Å². The van der Waals surface area contributed by atoms with Crippen molar-refractivity contribution in [2.45, 2.75) is 32.2 Å². The van der Waals surface area contributed by atoms with Gasteiger partial charge in [0.25, 0.3) is 0 Å². The monoisotopic (exact) mass is 446 g/mol. The van der Waals surface area contributed by atoms with Gasteiger partial charge in [-0.2, -0.15) is 0 Å². The molecule has 0 atom stereocenters. The van der Waals surface area contributed by atoms with Crippen molar-refractivity contribution in [1.29, 1.82) is 0 Å². The molecule has 158 valence electrons. The van der Waals surface area contributed by atoms with Crippen molar-refractivity contribution in [1.82, 2.24) is 14.8 Å². The Kier molecular flexibility index (Phi) is 7.59. The molecule has 3 aromatic rings. The van der Waals surface area contributed by atoms with Crippen molar-refractivity contribution < 1.29 is 14.3 Å². The van der Waals surface area contributed by atoms with Gasteiger partial charge in [-0.3, -0.25) is 4.79 Å². The van der Waals surface area contributed by atoms with Crippen molar-refractivity contribution >= 4 is 35.0 Å². The van der Waals surface area contributed by atoms with Gasteiger partial charge in [-0.05, 0) is 55.8 Å². The van der Waals surface area contributed by atoms with Crippen LogP contribution in [-0.4, -0.2) is 33.5 Å². The smallest absolute Gasteiger partial charge is 0.234 e. The minimum atomic E-state index is -0.137. The highest BCUT2D eigenvalue weighted by atomic mass is 35.5. The molecule has 0 saturated heterocycles. The summed E-state index contributed by atoms with van der Waals surface area (Å²) < 4.78 is 12.9. The third-order valence-corrected chi connectivity index (χ3v) is 5.70. The zero-order chi connectivity index (χ0) is 21.5. The summed E-state index contributed by atoms with van der Waals surface area (Å²) in [6, 6.07) is 12.8. The number of carbonyl (C=O) groups is 1. The van der Waals surface area contributed by atoms with Gasteiger partial charge in [-0.1, -0.05) is 29.4 Å². The first-order valence-corrected chi connectivity index (χ1v) is 10.7. The van der Waals surface area contributed by atoms with Crippen LogP contribution in [0.25, 0.3) is 0 Å². The minimum absolute atomic E-state index is 0.137. The zero-order valence-electron chi connectivity index (χ0n) is 17.0. The highest BCUT2D eigenvalue weighted by Crippen LogP contribution is 2.22. The molecule has 0 fully saturated rings. The average molecular weight is 447 g/mol. The van der Waals surface area contributed by atoms with Gasteiger partial charge in [-0.15, -0.1) is 10.2 Å². The standard InChI is InChI=1S/C21H23ClN4O3S/c1-4-26-19(12-29-17-9-7-16(28-3)8-10-17)24-25-21(26)30-13-20(27)23-15-6-5-14(2)18(22)11-15/h5-11H,4,12-13H2,1-3H3,(H,23,27). The number of methoxy groups -OCH3 is 1. The number of amides is 1. The molecule has 0 saturated carbocycles. The summed E-state index contributed by atoms with van der Waals surface area (Å²) in [6.45, 7) is 4.86. The molecule has 2 aromatic carbocycles. The molecule has 1 amide bonds. The van der Waals surface area contributed by atoms with Crippen LogP contribution < -0.4 is 14.8 Å². The number of nitrogens with zero attached hydrogens (tertiary/aromatic N) is 3. The van der Waals surface area contributed by atoms with Crippen LogP contribution in [0.2, 0.25) is 5.02 Å². The van der Waals surface area contributed by atoms with Gasteiger partial charge in [0.05, 0.1) is 12.9 Å². The normalized spacial score (nSPS) is 10.7. The molecule has 30 heavy (non-hydrogen) atoms. The number of halogens is 1. The lowest BCUT2D eigenvalue weighted by molar-refractivity contribution is -0.113. The third kappa shape index (κ3) is 5.67. The van der Waals surface area contributed by atoms with E-state index in [1.807, 2.05) is 54.8 Å². The molecule has 1 heterocycles. The number of hydrogen-bond donors (Lipinski definition) is 1. The van der Waals surface area contributed by atoms with E-state index in [1.54, 1.807) is 13.2 Å². The zero-order valence-corrected chi connectivity index (χ0v) is 18.6. The Morgan fingerprint density at radius 2 is 1.90 bits per heavy atom. The molecule has 0 aliphatic rings. The van der Waals surface area contributed by atoms with Gasteiger partial charge in [0.2, 0.25) is 5.91 Å². The lowest BCUT2D eigenvalue weighted by atomic mass is 10.2. The van der Waals surface area contributed by atoms with E-state index in [1.165, 1.54) is 11.8 Å². The van der Waals surface area contributed by atoms with Gasteiger partial charge in [0.1, 0.15) is 18.1 Å². The maximum Gasteiger partial charge on any atom is 0.234 e. The second kappa shape index (κ2) is 10.4. The summed E-state index contributed by atoms with van der Waals surface area (Å²) in [5, 5.41) is 12.5. The van der Waals surface area contributed by atoms with Crippen molar-refractivity contribution in [3.8, 4) is 11.5 Å². The number of rotatable bonds is 9.